The van der Waals surface area contributed by atoms with Crippen LogP contribution >= 0.6 is 0 Å². The third-order valence-electron chi connectivity index (χ3n) is 3.36. The van der Waals surface area contributed by atoms with Gasteiger partial charge in [0.15, 0.2) is 0 Å². The topological polar surface area (TPSA) is 42.2 Å². The summed E-state index contributed by atoms with van der Waals surface area (Å²) in [5.41, 5.74) is 8.03. The van der Waals surface area contributed by atoms with E-state index in [1.165, 1.54) is 31.2 Å². The number of nitrogens with zero attached hydrogens (tertiary/aromatic N) is 2. The Labute approximate surface area is 104 Å². The van der Waals surface area contributed by atoms with Crippen LogP contribution in [0.1, 0.15) is 43.7 Å². The van der Waals surface area contributed by atoms with Crippen LogP contribution in [0, 0.1) is 6.92 Å². The fourth-order valence-corrected chi connectivity index (χ4v) is 2.21. The van der Waals surface area contributed by atoms with Crippen molar-refractivity contribution in [2.45, 2.75) is 52.1 Å². The van der Waals surface area contributed by atoms with Gasteiger partial charge in [-0.2, -0.15) is 0 Å². The van der Waals surface area contributed by atoms with Crippen molar-refractivity contribution in [3.8, 4) is 0 Å². The van der Waals surface area contributed by atoms with Crippen LogP contribution in [-0.2, 0) is 6.54 Å². The summed E-state index contributed by atoms with van der Waals surface area (Å²) in [7, 11) is 0. The molecule has 0 amide bonds. The molecule has 1 aromatic heterocycles. The summed E-state index contributed by atoms with van der Waals surface area (Å²) in [5.74, 6) is 1.16. The smallest absolute Gasteiger partial charge is 0.131 e. The molecule has 1 aliphatic carbocycles. The van der Waals surface area contributed by atoms with Gasteiger partial charge in [-0.25, -0.2) is 4.98 Å². The third kappa shape index (κ3) is 2.97. The Kier molecular flexibility index (Phi) is 4.00. The van der Waals surface area contributed by atoms with Crippen molar-refractivity contribution in [3.05, 3.63) is 23.4 Å². The van der Waals surface area contributed by atoms with Crippen LogP contribution in [0.4, 0.5) is 5.82 Å². The molecule has 1 saturated carbocycles. The lowest BCUT2D eigenvalue weighted by Crippen LogP contribution is -2.28. The average Bonchev–Trinajstić information content (AvgIpc) is 3.15. The largest absolute Gasteiger partial charge is 0.353 e. The van der Waals surface area contributed by atoms with Crippen molar-refractivity contribution in [1.29, 1.82) is 0 Å². The number of rotatable bonds is 6. The fraction of sp³-hybridized carbons (Fsp3) is 0.643. The lowest BCUT2D eigenvalue weighted by molar-refractivity contribution is 0.702. The van der Waals surface area contributed by atoms with Gasteiger partial charge in [0.25, 0.3) is 0 Å². The Morgan fingerprint density at radius 3 is 2.76 bits per heavy atom. The lowest BCUT2D eigenvalue weighted by Gasteiger charge is -2.25. The second kappa shape index (κ2) is 5.50. The second-order valence-corrected chi connectivity index (χ2v) is 4.97. The molecule has 0 radical (unpaired) electrons. The van der Waals surface area contributed by atoms with Gasteiger partial charge in [-0.3, -0.25) is 0 Å². The monoisotopic (exact) mass is 233 g/mol. The lowest BCUT2D eigenvalue weighted by atomic mass is 10.2. The molecular weight excluding hydrogens is 210 g/mol. The zero-order valence-corrected chi connectivity index (χ0v) is 10.9. The van der Waals surface area contributed by atoms with Crippen LogP contribution < -0.4 is 10.6 Å². The number of aromatic nitrogens is 1. The highest BCUT2D eigenvalue weighted by molar-refractivity contribution is 5.49. The van der Waals surface area contributed by atoms with Crippen LogP contribution in [0.3, 0.4) is 0 Å². The Morgan fingerprint density at radius 2 is 2.24 bits per heavy atom. The van der Waals surface area contributed by atoms with E-state index in [1.54, 1.807) is 0 Å². The summed E-state index contributed by atoms with van der Waals surface area (Å²) in [5, 5.41) is 0. The molecule has 0 saturated heterocycles. The van der Waals surface area contributed by atoms with E-state index in [-0.39, 0.29) is 0 Å². The molecular formula is C14H23N3. The van der Waals surface area contributed by atoms with Crippen LogP contribution in [-0.4, -0.2) is 17.6 Å². The van der Waals surface area contributed by atoms with Crippen molar-refractivity contribution in [1.82, 2.24) is 4.98 Å². The van der Waals surface area contributed by atoms with E-state index < -0.39 is 0 Å². The summed E-state index contributed by atoms with van der Waals surface area (Å²) >= 11 is 0. The summed E-state index contributed by atoms with van der Waals surface area (Å²) < 4.78 is 0. The number of hydrogen-bond donors (Lipinski definition) is 1. The maximum absolute atomic E-state index is 5.64. The van der Waals surface area contributed by atoms with E-state index in [1.807, 2.05) is 6.20 Å². The van der Waals surface area contributed by atoms with Gasteiger partial charge in [-0.05, 0) is 43.4 Å². The molecule has 0 unspecified atom stereocenters. The van der Waals surface area contributed by atoms with E-state index >= 15 is 0 Å². The first kappa shape index (κ1) is 12.4. The molecule has 0 aromatic carbocycles. The third-order valence-corrected chi connectivity index (χ3v) is 3.36. The summed E-state index contributed by atoms with van der Waals surface area (Å²) in [6.07, 6.45) is 7.05. The average molecular weight is 233 g/mol. The molecule has 94 valence electrons. The van der Waals surface area contributed by atoms with Gasteiger partial charge >= 0.3 is 0 Å². The number of unbranched alkanes of at least 4 members (excludes halogenated alkanes) is 1. The zero-order valence-electron chi connectivity index (χ0n) is 10.9. The van der Waals surface area contributed by atoms with Gasteiger partial charge in [-0.15, -0.1) is 0 Å². The minimum atomic E-state index is 0.576. The molecule has 17 heavy (non-hydrogen) atoms. The van der Waals surface area contributed by atoms with E-state index in [0.717, 1.165) is 24.0 Å². The molecule has 2 rings (SSSR count). The maximum Gasteiger partial charge on any atom is 0.131 e. The van der Waals surface area contributed by atoms with E-state index in [2.05, 4.69) is 29.8 Å². The standard InChI is InChI=1S/C14H23N3/c1-3-4-7-17(13-5-6-13)14-11(2)8-12(9-15)10-16-14/h8,10,13H,3-7,9,15H2,1-2H3. The molecule has 0 aliphatic heterocycles. The summed E-state index contributed by atoms with van der Waals surface area (Å²) in [6.45, 7) is 6.09. The highest BCUT2D eigenvalue weighted by atomic mass is 15.2. The number of hydrogen-bond acceptors (Lipinski definition) is 3. The van der Waals surface area contributed by atoms with Crippen LogP contribution in [0.2, 0.25) is 0 Å². The Bertz CT molecular complexity index is 372. The van der Waals surface area contributed by atoms with E-state index in [4.69, 9.17) is 5.73 Å². The molecule has 3 nitrogen and oxygen atoms in total. The van der Waals surface area contributed by atoms with Crippen molar-refractivity contribution < 1.29 is 0 Å². The predicted molar refractivity (Wildman–Crippen MR) is 72.1 cm³/mol. The minimum Gasteiger partial charge on any atom is -0.353 e. The molecule has 0 spiro atoms. The van der Waals surface area contributed by atoms with Gasteiger partial charge in [0.05, 0.1) is 0 Å². The van der Waals surface area contributed by atoms with Crippen molar-refractivity contribution in [3.63, 3.8) is 0 Å². The van der Waals surface area contributed by atoms with Crippen molar-refractivity contribution >= 4 is 5.82 Å². The quantitative estimate of drug-likeness (QED) is 0.821. The van der Waals surface area contributed by atoms with Gasteiger partial charge in [0, 0.05) is 25.3 Å². The molecule has 0 atom stereocenters. The zero-order chi connectivity index (χ0) is 12.3. The van der Waals surface area contributed by atoms with Crippen molar-refractivity contribution in [2.24, 2.45) is 5.73 Å². The predicted octanol–water partition coefficient (Wildman–Crippen LogP) is 2.62. The highest BCUT2D eigenvalue weighted by Gasteiger charge is 2.30. The molecule has 1 heterocycles. The first-order valence-corrected chi connectivity index (χ1v) is 6.68. The van der Waals surface area contributed by atoms with Gasteiger partial charge < -0.3 is 10.6 Å². The number of nitrogens with two attached hydrogens (primary N) is 1. The van der Waals surface area contributed by atoms with Crippen LogP contribution in [0.25, 0.3) is 0 Å². The van der Waals surface area contributed by atoms with Crippen molar-refractivity contribution in [2.75, 3.05) is 11.4 Å². The number of pyridine rings is 1. The molecule has 1 aliphatic rings. The Hall–Kier alpha value is -1.09. The molecule has 2 N–H and O–H groups in total. The van der Waals surface area contributed by atoms with Gasteiger partial charge in [-0.1, -0.05) is 13.3 Å². The second-order valence-electron chi connectivity index (χ2n) is 4.97. The first-order chi connectivity index (χ1) is 8.26. The van der Waals surface area contributed by atoms with Crippen LogP contribution in [0.5, 0.6) is 0 Å². The number of aryl methyl sites for hydroxylation is 1. The maximum atomic E-state index is 5.64. The fourth-order valence-electron chi connectivity index (χ4n) is 2.21. The molecule has 3 heteroatoms. The summed E-state index contributed by atoms with van der Waals surface area (Å²) in [4.78, 5) is 7.09. The molecule has 0 bridgehead atoms. The van der Waals surface area contributed by atoms with E-state index in [9.17, 15) is 0 Å². The molecule has 1 aromatic rings. The first-order valence-electron chi connectivity index (χ1n) is 6.68. The normalized spacial score (nSPS) is 15.0. The number of anilines is 1. The Balaban J connectivity index is 2.16. The Morgan fingerprint density at radius 1 is 1.47 bits per heavy atom. The molecule has 1 fully saturated rings. The van der Waals surface area contributed by atoms with Gasteiger partial charge in [0.2, 0.25) is 0 Å². The SMILES string of the molecule is CCCCN(c1ncc(CN)cc1C)C1CC1. The summed E-state index contributed by atoms with van der Waals surface area (Å²) in [6, 6.07) is 2.90. The van der Waals surface area contributed by atoms with E-state index in [0.29, 0.717) is 6.54 Å². The minimum absolute atomic E-state index is 0.576. The van der Waals surface area contributed by atoms with Gasteiger partial charge in [0.1, 0.15) is 5.82 Å². The van der Waals surface area contributed by atoms with Crippen LogP contribution in [0.15, 0.2) is 12.3 Å². The highest BCUT2D eigenvalue weighted by Crippen LogP contribution is 2.32.